The molecule has 6 heteroatoms. The van der Waals surface area contributed by atoms with Crippen molar-refractivity contribution in [2.45, 2.75) is 12.5 Å². The number of hydrogen-bond donors (Lipinski definition) is 1. The summed E-state index contributed by atoms with van der Waals surface area (Å²) in [5.74, 6) is -0.719. The van der Waals surface area contributed by atoms with Gasteiger partial charge in [0.2, 0.25) is 0 Å². The molecule has 0 unspecified atom stereocenters. The van der Waals surface area contributed by atoms with Gasteiger partial charge >= 0.3 is 0 Å². The van der Waals surface area contributed by atoms with E-state index in [1.165, 1.54) is 17.8 Å². The summed E-state index contributed by atoms with van der Waals surface area (Å²) < 4.78 is 18.9. The molecule has 3 heterocycles. The van der Waals surface area contributed by atoms with E-state index in [1.54, 1.807) is 6.20 Å². The van der Waals surface area contributed by atoms with Gasteiger partial charge in [-0.15, -0.1) is 0 Å². The highest BCUT2D eigenvalue weighted by Crippen LogP contribution is 2.24. The molecule has 1 saturated heterocycles. The van der Waals surface area contributed by atoms with Crippen molar-refractivity contribution in [2.24, 2.45) is 5.92 Å². The topological polar surface area (TPSA) is 64.1 Å². The SMILES string of the molecule is O=C(N[C@@H]1COC[C@H]1Cc1ccnc2ccccc12)c1cncc(F)c1. The van der Waals surface area contributed by atoms with Gasteiger partial charge in [0.1, 0.15) is 5.82 Å². The summed E-state index contributed by atoms with van der Waals surface area (Å²) in [4.78, 5) is 20.5. The van der Waals surface area contributed by atoms with E-state index < -0.39 is 5.82 Å². The monoisotopic (exact) mass is 351 g/mol. The zero-order valence-electron chi connectivity index (χ0n) is 14.1. The molecule has 1 aliphatic heterocycles. The fourth-order valence-electron chi connectivity index (χ4n) is 3.36. The Morgan fingerprint density at radius 1 is 1.23 bits per heavy atom. The van der Waals surface area contributed by atoms with Crippen LogP contribution in [0, 0.1) is 11.7 Å². The highest BCUT2D eigenvalue weighted by Gasteiger charge is 2.30. The van der Waals surface area contributed by atoms with Crippen molar-refractivity contribution in [3.05, 3.63) is 71.9 Å². The Kier molecular flexibility index (Phi) is 4.58. The van der Waals surface area contributed by atoms with Gasteiger partial charge in [-0.1, -0.05) is 18.2 Å². The van der Waals surface area contributed by atoms with Crippen LogP contribution >= 0.6 is 0 Å². The Balaban J connectivity index is 1.51. The van der Waals surface area contributed by atoms with Gasteiger partial charge in [0.25, 0.3) is 5.91 Å². The summed E-state index contributed by atoms with van der Waals surface area (Å²) in [6, 6.07) is 11.1. The summed E-state index contributed by atoms with van der Waals surface area (Å²) in [6.07, 6.45) is 5.02. The first kappa shape index (κ1) is 16.6. The van der Waals surface area contributed by atoms with Gasteiger partial charge in [-0.2, -0.15) is 0 Å². The predicted octanol–water partition coefficient (Wildman–Crippen LogP) is 2.76. The van der Waals surface area contributed by atoms with Gasteiger partial charge in [0.15, 0.2) is 0 Å². The van der Waals surface area contributed by atoms with Crippen molar-refractivity contribution in [3.63, 3.8) is 0 Å². The number of nitrogens with zero attached hydrogens (tertiary/aromatic N) is 2. The number of nitrogens with one attached hydrogen (secondary N) is 1. The number of rotatable bonds is 4. The van der Waals surface area contributed by atoms with Crippen LogP contribution < -0.4 is 5.32 Å². The normalized spacial score (nSPS) is 19.6. The first-order valence-corrected chi connectivity index (χ1v) is 8.52. The van der Waals surface area contributed by atoms with E-state index in [0.29, 0.717) is 13.2 Å². The Morgan fingerprint density at radius 3 is 3.00 bits per heavy atom. The van der Waals surface area contributed by atoms with Gasteiger partial charge in [-0.25, -0.2) is 4.39 Å². The predicted molar refractivity (Wildman–Crippen MR) is 95.2 cm³/mol. The third-order valence-electron chi connectivity index (χ3n) is 4.70. The smallest absolute Gasteiger partial charge is 0.253 e. The number of fused-ring (bicyclic) bond motifs is 1. The summed E-state index contributed by atoms with van der Waals surface area (Å²) in [5, 5.41) is 4.07. The fraction of sp³-hybridized carbons (Fsp3) is 0.250. The second-order valence-electron chi connectivity index (χ2n) is 6.46. The lowest BCUT2D eigenvalue weighted by Crippen LogP contribution is -2.40. The largest absolute Gasteiger partial charge is 0.379 e. The molecule has 26 heavy (non-hydrogen) atoms. The Bertz CT molecular complexity index is 942. The van der Waals surface area contributed by atoms with Crippen molar-refractivity contribution < 1.29 is 13.9 Å². The van der Waals surface area contributed by atoms with Gasteiger partial charge < -0.3 is 10.1 Å². The number of halogens is 1. The molecule has 0 spiro atoms. The zero-order chi connectivity index (χ0) is 17.9. The summed E-state index contributed by atoms with van der Waals surface area (Å²) in [6.45, 7) is 1.02. The van der Waals surface area contributed by atoms with E-state index in [0.717, 1.165) is 23.5 Å². The second-order valence-corrected chi connectivity index (χ2v) is 6.46. The molecule has 0 saturated carbocycles. The van der Waals surface area contributed by atoms with Gasteiger partial charge in [-0.3, -0.25) is 14.8 Å². The number of pyridine rings is 2. The molecule has 1 aliphatic rings. The Morgan fingerprint density at radius 2 is 2.12 bits per heavy atom. The molecule has 1 aromatic carbocycles. The number of aromatic nitrogens is 2. The maximum absolute atomic E-state index is 13.3. The highest BCUT2D eigenvalue weighted by atomic mass is 19.1. The van der Waals surface area contributed by atoms with Crippen molar-refractivity contribution in [1.29, 1.82) is 0 Å². The first-order valence-electron chi connectivity index (χ1n) is 8.52. The molecule has 1 fully saturated rings. The summed E-state index contributed by atoms with van der Waals surface area (Å²) in [5.41, 5.74) is 2.35. The third-order valence-corrected chi connectivity index (χ3v) is 4.70. The molecule has 0 bridgehead atoms. The zero-order valence-corrected chi connectivity index (χ0v) is 14.1. The molecule has 0 aliphatic carbocycles. The second kappa shape index (κ2) is 7.17. The van der Waals surface area contributed by atoms with Gasteiger partial charge in [0, 0.05) is 23.7 Å². The van der Waals surface area contributed by atoms with Crippen molar-refractivity contribution in [2.75, 3.05) is 13.2 Å². The van der Waals surface area contributed by atoms with Crippen LogP contribution in [0.25, 0.3) is 10.9 Å². The number of carbonyl (C=O) groups is 1. The maximum Gasteiger partial charge on any atom is 0.253 e. The molecule has 1 amide bonds. The maximum atomic E-state index is 13.3. The minimum Gasteiger partial charge on any atom is -0.379 e. The minimum absolute atomic E-state index is 0.127. The average Bonchev–Trinajstić information content (AvgIpc) is 3.09. The van der Waals surface area contributed by atoms with Crippen molar-refractivity contribution >= 4 is 16.8 Å². The van der Waals surface area contributed by atoms with Crippen LogP contribution in [0.4, 0.5) is 4.39 Å². The van der Waals surface area contributed by atoms with E-state index in [9.17, 15) is 9.18 Å². The minimum atomic E-state index is -0.528. The number of para-hydroxylation sites is 1. The molecule has 1 N–H and O–H groups in total. The Hall–Kier alpha value is -2.86. The number of benzene rings is 1. The molecule has 4 rings (SSSR count). The Labute approximate surface area is 150 Å². The third kappa shape index (κ3) is 3.41. The fourth-order valence-corrected chi connectivity index (χ4v) is 3.36. The van der Waals surface area contributed by atoms with E-state index >= 15 is 0 Å². The van der Waals surface area contributed by atoms with Crippen LogP contribution in [0.1, 0.15) is 15.9 Å². The van der Waals surface area contributed by atoms with Crippen LogP contribution in [0.15, 0.2) is 55.0 Å². The molecule has 3 aromatic rings. The molecule has 0 radical (unpaired) electrons. The van der Waals surface area contributed by atoms with E-state index in [-0.39, 0.29) is 23.4 Å². The number of ether oxygens (including phenoxy) is 1. The van der Waals surface area contributed by atoms with Gasteiger partial charge in [0.05, 0.1) is 36.5 Å². The van der Waals surface area contributed by atoms with Crippen molar-refractivity contribution in [3.8, 4) is 0 Å². The first-order chi connectivity index (χ1) is 12.7. The summed E-state index contributed by atoms with van der Waals surface area (Å²) >= 11 is 0. The molecule has 132 valence electrons. The number of amides is 1. The lowest BCUT2D eigenvalue weighted by molar-refractivity contribution is 0.0924. The molecular formula is C20H18FN3O2. The van der Waals surface area contributed by atoms with Gasteiger partial charge in [-0.05, 0) is 30.2 Å². The average molecular weight is 351 g/mol. The number of carbonyl (C=O) groups excluding carboxylic acids is 1. The molecule has 2 atom stereocenters. The van der Waals surface area contributed by atoms with Crippen LogP contribution in [0.2, 0.25) is 0 Å². The molecule has 5 nitrogen and oxygen atoms in total. The summed E-state index contributed by atoms with van der Waals surface area (Å²) in [7, 11) is 0. The lowest BCUT2D eigenvalue weighted by atomic mass is 9.93. The van der Waals surface area contributed by atoms with Crippen LogP contribution in [-0.4, -0.2) is 35.1 Å². The van der Waals surface area contributed by atoms with E-state index in [4.69, 9.17) is 4.74 Å². The van der Waals surface area contributed by atoms with E-state index in [2.05, 4.69) is 21.4 Å². The number of hydrogen-bond acceptors (Lipinski definition) is 4. The van der Waals surface area contributed by atoms with E-state index in [1.807, 2.05) is 24.3 Å². The quantitative estimate of drug-likeness (QED) is 0.785. The highest BCUT2D eigenvalue weighted by molar-refractivity contribution is 5.94. The molecule has 2 aromatic heterocycles. The van der Waals surface area contributed by atoms with Crippen molar-refractivity contribution in [1.82, 2.24) is 15.3 Å². The lowest BCUT2D eigenvalue weighted by Gasteiger charge is -2.20. The van der Waals surface area contributed by atoms with Crippen LogP contribution in [0.5, 0.6) is 0 Å². The standard InChI is InChI=1S/C20H18FN3O2/c21-16-8-14(9-22-10-16)20(25)24-19-12-26-11-15(19)7-13-5-6-23-18-4-2-1-3-17(13)18/h1-6,8-10,15,19H,7,11-12H2,(H,24,25)/t15-,19-/m1/s1. The van der Waals surface area contributed by atoms with Crippen LogP contribution in [-0.2, 0) is 11.2 Å². The van der Waals surface area contributed by atoms with Crippen LogP contribution in [0.3, 0.4) is 0 Å². The molecular weight excluding hydrogens is 333 g/mol.